The lowest BCUT2D eigenvalue weighted by Crippen LogP contribution is -2.39. The third-order valence-electron chi connectivity index (χ3n) is 6.35. The van der Waals surface area contributed by atoms with Gasteiger partial charge in [-0.25, -0.2) is 4.31 Å². The average Bonchev–Trinajstić information content (AvgIpc) is 3.16. The summed E-state index contributed by atoms with van der Waals surface area (Å²) in [5.74, 6) is -0.289. The van der Waals surface area contributed by atoms with Crippen LogP contribution in [-0.2, 0) is 25.7 Å². The number of carbonyl (C=O) groups is 1. The van der Waals surface area contributed by atoms with Crippen LogP contribution in [0.4, 0.5) is 13.2 Å². The van der Waals surface area contributed by atoms with Crippen LogP contribution < -0.4 is 0 Å². The SMILES string of the molecule is CCn1nc(C(=O)N2CCC(c3ccccc3C(F)(F)F)CC2)c2c1CN(SC)CC2. The molecule has 1 saturated heterocycles. The molecule has 1 amide bonds. The summed E-state index contributed by atoms with van der Waals surface area (Å²) in [5.41, 5.74) is 2.43. The Kier molecular flexibility index (Phi) is 6.35. The molecule has 0 atom stereocenters. The molecule has 0 saturated carbocycles. The van der Waals surface area contributed by atoms with Crippen molar-refractivity contribution in [2.24, 2.45) is 0 Å². The van der Waals surface area contributed by atoms with Crippen molar-refractivity contribution in [1.29, 1.82) is 0 Å². The Hall–Kier alpha value is -2.00. The molecule has 0 bridgehead atoms. The zero-order valence-corrected chi connectivity index (χ0v) is 18.6. The van der Waals surface area contributed by atoms with E-state index in [1.165, 1.54) is 6.07 Å². The quantitative estimate of drug-likeness (QED) is 0.637. The number of nitrogens with zero attached hydrogens (tertiary/aromatic N) is 4. The number of rotatable bonds is 4. The van der Waals surface area contributed by atoms with E-state index in [0.29, 0.717) is 43.7 Å². The lowest BCUT2D eigenvalue weighted by atomic mass is 9.86. The van der Waals surface area contributed by atoms with Crippen LogP contribution in [0.3, 0.4) is 0 Å². The molecule has 5 nitrogen and oxygen atoms in total. The van der Waals surface area contributed by atoms with Gasteiger partial charge >= 0.3 is 6.18 Å². The van der Waals surface area contributed by atoms with E-state index in [0.717, 1.165) is 36.8 Å². The predicted octanol–water partition coefficient (Wildman–Crippen LogP) is 4.58. The van der Waals surface area contributed by atoms with E-state index in [1.807, 2.05) is 17.9 Å². The standard InChI is InChI=1S/C22H27F3N4OS/c1-3-29-19-14-28(31-2)13-10-17(19)20(26-29)21(30)27-11-8-15(9-12-27)16-6-4-5-7-18(16)22(23,24)25/h4-7,15H,3,8-14H2,1-2H3. The first-order valence-electron chi connectivity index (χ1n) is 10.7. The van der Waals surface area contributed by atoms with Gasteiger partial charge in [-0.05, 0) is 50.0 Å². The topological polar surface area (TPSA) is 41.4 Å². The highest BCUT2D eigenvalue weighted by Gasteiger charge is 2.37. The summed E-state index contributed by atoms with van der Waals surface area (Å²) < 4.78 is 44.4. The van der Waals surface area contributed by atoms with Crippen LogP contribution in [0.25, 0.3) is 0 Å². The summed E-state index contributed by atoms with van der Waals surface area (Å²) in [6, 6.07) is 5.80. The number of likely N-dealkylation sites (tertiary alicyclic amines) is 1. The number of carbonyl (C=O) groups excluding carboxylic acids is 1. The summed E-state index contributed by atoms with van der Waals surface area (Å²) in [6.07, 6.45) is -0.483. The lowest BCUT2D eigenvalue weighted by molar-refractivity contribution is -0.138. The van der Waals surface area contributed by atoms with Gasteiger partial charge in [0.25, 0.3) is 5.91 Å². The lowest BCUT2D eigenvalue weighted by Gasteiger charge is -2.33. The second-order valence-electron chi connectivity index (χ2n) is 8.04. The Morgan fingerprint density at radius 1 is 1.19 bits per heavy atom. The number of hydrogen-bond donors (Lipinski definition) is 0. The molecule has 4 rings (SSSR count). The van der Waals surface area contributed by atoms with Gasteiger partial charge in [-0.2, -0.15) is 18.3 Å². The van der Waals surface area contributed by atoms with Crippen molar-refractivity contribution >= 4 is 17.9 Å². The van der Waals surface area contributed by atoms with Crippen molar-refractivity contribution < 1.29 is 18.0 Å². The third-order valence-corrected chi connectivity index (χ3v) is 7.18. The first-order chi connectivity index (χ1) is 14.8. The molecule has 0 N–H and O–H groups in total. The molecule has 31 heavy (non-hydrogen) atoms. The fourth-order valence-corrected chi connectivity index (χ4v) is 5.23. The summed E-state index contributed by atoms with van der Waals surface area (Å²) in [4.78, 5) is 15.0. The van der Waals surface area contributed by atoms with Gasteiger partial charge in [0, 0.05) is 31.7 Å². The number of halogens is 3. The van der Waals surface area contributed by atoms with Gasteiger partial charge in [-0.1, -0.05) is 30.1 Å². The molecule has 1 aromatic heterocycles. The first-order valence-corrected chi connectivity index (χ1v) is 11.8. The molecule has 0 unspecified atom stereocenters. The highest BCUT2D eigenvalue weighted by atomic mass is 32.2. The zero-order chi connectivity index (χ0) is 22.2. The number of benzene rings is 1. The molecule has 2 aromatic rings. The van der Waals surface area contributed by atoms with Gasteiger partial charge in [0.2, 0.25) is 0 Å². The Morgan fingerprint density at radius 2 is 1.90 bits per heavy atom. The van der Waals surface area contributed by atoms with Crippen molar-refractivity contribution in [3.8, 4) is 0 Å². The van der Waals surface area contributed by atoms with E-state index < -0.39 is 11.7 Å². The van der Waals surface area contributed by atoms with Gasteiger partial charge in [-0.15, -0.1) is 0 Å². The fraction of sp³-hybridized carbons (Fsp3) is 0.545. The highest BCUT2D eigenvalue weighted by molar-refractivity contribution is 7.96. The molecule has 168 valence electrons. The molecule has 3 heterocycles. The number of amides is 1. The zero-order valence-electron chi connectivity index (χ0n) is 17.8. The second kappa shape index (κ2) is 8.86. The monoisotopic (exact) mass is 452 g/mol. The van der Waals surface area contributed by atoms with Crippen LogP contribution in [0.1, 0.15) is 58.6 Å². The molecule has 2 aliphatic rings. The van der Waals surface area contributed by atoms with E-state index in [2.05, 4.69) is 9.40 Å². The number of fused-ring (bicyclic) bond motifs is 1. The van der Waals surface area contributed by atoms with Crippen molar-refractivity contribution in [2.75, 3.05) is 25.9 Å². The number of alkyl halides is 3. The Morgan fingerprint density at radius 3 is 2.55 bits per heavy atom. The summed E-state index contributed by atoms with van der Waals surface area (Å²) in [5, 5.41) is 4.62. The minimum Gasteiger partial charge on any atom is -0.337 e. The van der Waals surface area contributed by atoms with Crippen molar-refractivity contribution in [3.05, 3.63) is 52.3 Å². The maximum Gasteiger partial charge on any atom is 0.416 e. The minimum absolute atomic E-state index is 0.0939. The average molecular weight is 453 g/mol. The van der Waals surface area contributed by atoms with Crippen molar-refractivity contribution in [2.45, 2.75) is 51.4 Å². The molecule has 2 aliphatic heterocycles. The summed E-state index contributed by atoms with van der Waals surface area (Å²) in [6.45, 7) is 5.25. The molecule has 9 heteroatoms. The molecule has 1 fully saturated rings. The largest absolute Gasteiger partial charge is 0.416 e. The van der Waals surface area contributed by atoms with E-state index in [9.17, 15) is 18.0 Å². The van der Waals surface area contributed by atoms with E-state index >= 15 is 0 Å². The molecule has 1 aromatic carbocycles. The molecular formula is C22H27F3N4OS. The maximum absolute atomic E-state index is 13.4. The van der Waals surface area contributed by atoms with E-state index in [1.54, 1.807) is 29.0 Å². The number of hydrogen-bond acceptors (Lipinski definition) is 4. The minimum atomic E-state index is -4.36. The maximum atomic E-state index is 13.4. The normalized spacial score (nSPS) is 18.3. The predicted molar refractivity (Wildman–Crippen MR) is 115 cm³/mol. The van der Waals surface area contributed by atoms with Crippen LogP contribution >= 0.6 is 11.9 Å². The summed E-state index contributed by atoms with van der Waals surface area (Å²) in [7, 11) is 0. The van der Waals surface area contributed by atoms with E-state index in [4.69, 9.17) is 0 Å². The molecule has 0 radical (unpaired) electrons. The first kappa shape index (κ1) is 22.2. The van der Waals surface area contributed by atoms with Crippen molar-refractivity contribution in [3.63, 3.8) is 0 Å². The van der Waals surface area contributed by atoms with E-state index in [-0.39, 0.29) is 11.8 Å². The van der Waals surface area contributed by atoms with Crippen LogP contribution in [-0.4, -0.2) is 50.8 Å². The van der Waals surface area contributed by atoms with Gasteiger partial charge < -0.3 is 4.90 Å². The van der Waals surface area contributed by atoms with Crippen LogP contribution in [0, 0.1) is 0 Å². The molecule has 0 spiro atoms. The molecule has 0 aliphatic carbocycles. The number of aryl methyl sites for hydroxylation is 1. The molecular weight excluding hydrogens is 425 g/mol. The smallest absolute Gasteiger partial charge is 0.337 e. The fourth-order valence-electron chi connectivity index (χ4n) is 4.70. The van der Waals surface area contributed by atoms with Gasteiger partial charge in [0.1, 0.15) is 0 Å². The van der Waals surface area contributed by atoms with Crippen LogP contribution in [0.2, 0.25) is 0 Å². The Bertz CT molecular complexity index is 951. The third kappa shape index (κ3) is 4.35. The summed E-state index contributed by atoms with van der Waals surface area (Å²) >= 11 is 1.69. The van der Waals surface area contributed by atoms with Gasteiger partial charge in [0.15, 0.2) is 5.69 Å². The van der Waals surface area contributed by atoms with Crippen molar-refractivity contribution in [1.82, 2.24) is 19.0 Å². The highest BCUT2D eigenvalue weighted by Crippen LogP contribution is 2.39. The van der Waals surface area contributed by atoms with Crippen LogP contribution in [0.15, 0.2) is 24.3 Å². The van der Waals surface area contributed by atoms with Gasteiger partial charge in [-0.3, -0.25) is 9.48 Å². The van der Waals surface area contributed by atoms with Crippen LogP contribution in [0.5, 0.6) is 0 Å². The Labute approximate surface area is 184 Å². The Balaban J connectivity index is 1.50. The second-order valence-corrected chi connectivity index (χ2v) is 8.92. The number of piperidine rings is 1. The number of aromatic nitrogens is 2. The van der Waals surface area contributed by atoms with Gasteiger partial charge in [0.05, 0.1) is 17.8 Å².